The maximum Gasteiger partial charge on any atom is 0.226 e. The number of aromatic nitrogens is 4. The van der Waals surface area contributed by atoms with E-state index in [1.807, 2.05) is 18.2 Å². The van der Waals surface area contributed by atoms with Crippen LogP contribution in [0.2, 0.25) is 0 Å². The monoisotopic (exact) mass is 339 g/mol. The van der Waals surface area contributed by atoms with Gasteiger partial charge in [0.25, 0.3) is 0 Å². The Labute approximate surface area is 143 Å². The molecule has 1 aliphatic rings. The third-order valence-corrected chi connectivity index (χ3v) is 4.33. The fourth-order valence-corrected chi connectivity index (χ4v) is 3.17. The van der Waals surface area contributed by atoms with Crippen LogP contribution >= 0.6 is 0 Å². The van der Waals surface area contributed by atoms with Gasteiger partial charge in [-0.3, -0.25) is 9.89 Å². The van der Waals surface area contributed by atoms with E-state index >= 15 is 0 Å². The number of benzene rings is 1. The van der Waals surface area contributed by atoms with Gasteiger partial charge in [-0.15, -0.1) is 0 Å². The predicted octanol–water partition coefficient (Wildman–Crippen LogP) is 2.29. The molecule has 8 heteroatoms. The van der Waals surface area contributed by atoms with Crippen LogP contribution in [0.5, 0.6) is 11.5 Å². The standard InChI is InChI=1S/C17H17N5O3/c1-24-9-3-4-10(12(7-9)25-2)15-14-11(16-18-5-6-19-16)8-13(23)20-17(14)22-21-15/h3-7,11H,8H2,1-2H3,(H,18,19)(H2,20,21,22,23). The Balaban J connectivity index is 1.88. The number of nitrogens with one attached hydrogen (secondary N) is 3. The summed E-state index contributed by atoms with van der Waals surface area (Å²) >= 11 is 0. The molecule has 0 bridgehead atoms. The topological polar surface area (TPSA) is 105 Å². The van der Waals surface area contributed by atoms with Gasteiger partial charge in [-0.05, 0) is 12.1 Å². The molecule has 2 aromatic heterocycles. The Hall–Kier alpha value is -3.29. The van der Waals surface area contributed by atoms with Crippen LogP contribution in [0.3, 0.4) is 0 Å². The number of anilines is 1. The first kappa shape index (κ1) is 15.3. The second kappa shape index (κ2) is 5.97. The molecule has 1 unspecified atom stereocenters. The first-order valence-electron chi connectivity index (χ1n) is 7.81. The van der Waals surface area contributed by atoms with Crippen molar-refractivity contribution in [2.24, 2.45) is 0 Å². The highest BCUT2D eigenvalue weighted by atomic mass is 16.5. The summed E-state index contributed by atoms with van der Waals surface area (Å²) in [6.07, 6.45) is 3.72. The minimum atomic E-state index is -0.209. The van der Waals surface area contributed by atoms with Crippen LogP contribution in [-0.4, -0.2) is 40.3 Å². The maximum atomic E-state index is 12.0. The number of carbonyl (C=O) groups is 1. The largest absolute Gasteiger partial charge is 0.497 e. The Morgan fingerprint density at radius 2 is 2.12 bits per heavy atom. The number of amides is 1. The van der Waals surface area contributed by atoms with Crippen LogP contribution in [0, 0.1) is 0 Å². The Bertz CT molecular complexity index is 917. The molecule has 0 saturated heterocycles. The summed E-state index contributed by atoms with van der Waals surface area (Å²) < 4.78 is 10.8. The fraction of sp³-hybridized carbons (Fsp3) is 0.235. The van der Waals surface area contributed by atoms with E-state index in [9.17, 15) is 4.79 Å². The molecule has 3 aromatic rings. The smallest absolute Gasteiger partial charge is 0.226 e. The van der Waals surface area contributed by atoms with E-state index in [1.165, 1.54) is 0 Å². The lowest BCUT2D eigenvalue weighted by Crippen LogP contribution is -2.24. The summed E-state index contributed by atoms with van der Waals surface area (Å²) in [6.45, 7) is 0. The number of fused-ring (bicyclic) bond motifs is 1. The number of H-pyrrole nitrogens is 2. The Morgan fingerprint density at radius 1 is 1.24 bits per heavy atom. The van der Waals surface area contributed by atoms with Crippen LogP contribution in [-0.2, 0) is 4.79 Å². The van der Waals surface area contributed by atoms with Crippen LogP contribution in [0.4, 0.5) is 5.82 Å². The molecule has 8 nitrogen and oxygen atoms in total. The number of imidazole rings is 1. The number of carbonyl (C=O) groups excluding carboxylic acids is 1. The molecule has 3 N–H and O–H groups in total. The first-order valence-corrected chi connectivity index (χ1v) is 7.81. The molecule has 1 amide bonds. The summed E-state index contributed by atoms with van der Waals surface area (Å²) in [5.41, 5.74) is 2.51. The van der Waals surface area contributed by atoms with Crippen LogP contribution < -0.4 is 14.8 Å². The van der Waals surface area contributed by atoms with Crippen LogP contribution in [0.1, 0.15) is 23.7 Å². The minimum absolute atomic E-state index is 0.0892. The number of rotatable bonds is 4. The summed E-state index contributed by atoms with van der Waals surface area (Å²) in [5.74, 6) is 2.30. The molecule has 1 aromatic carbocycles. The molecular formula is C17H17N5O3. The number of hydrogen-bond donors (Lipinski definition) is 3. The average Bonchev–Trinajstić information content (AvgIpc) is 3.30. The van der Waals surface area contributed by atoms with Gasteiger partial charge < -0.3 is 19.8 Å². The zero-order valence-corrected chi connectivity index (χ0v) is 13.8. The van der Waals surface area contributed by atoms with Gasteiger partial charge >= 0.3 is 0 Å². The number of ether oxygens (including phenoxy) is 2. The van der Waals surface area contributed by atoms with E-state index in [1.54, 1.807) is 26.6 Å². The number of aromatic amines is 2. The van der Waals surface area contributed by atoms with Crippen LogP contribution in [0.25, 0.3) is 11.3 Å². The number of nitrogens with zero attached hydrogens (tertiary/aromatic N) is 2. The highest BCUT2D eigenvalue weighted by Gasteiger charge is 2.34. The van der Waals surface area contributed by atoms with Gasteiger partial charge in [0.15, 0.2) is 5.82 Å². The van der Waals surface area contributed by atoms with Crippen molar-refractivity contribution in [1.82, 2.24) is 20.2 Å². The summed E-state index contributed by atoms with van der Waals surface area (Å²) in [4.78, 5) is 19.5. The lowest BCUT2D eigenvalue weighted by Gasteiger charge is -2.22. The van der Waals surface area contributed by atoms with Gasteiger partial charge in [0, 0.05) is 36.0 Å². The van der Waals surface area contributed by atoms with Gasteiger partial charge in [-0.1, -0.05) is 0 Å². The van der Waals surface area contributed by atoms with Crippen molar-refractivity contribution >= 4 is 11.7 Å². The predicted molar refractivity (Wildman–Crippen MR) is 90.8 cm³/mol. The maximum absolute atomic E-state index is 12.0. The third kappa shape index (κ3) is 2.51. The molecular weight excluding hydrogens is 322 g/mol. The molecule has 128 valence electrons. The Kier molecular flexibility index (Phi) is 3.64. The SMILES string of the molecule is COc1ccc(-c2[nH]nc3c2C(c2ncc[nH]2)CC(=O)N3)c(OC)c1. The van der Waals surface area contributed by atoms with Crippen molar-refractivity contribution in [2.45, 2.75) is 12.3 Å². The van der Waals surface area contributed by atoms with E-state index in [0.29, 0.717) is 23.7 Å². The summed E-state index contributed by atoms with van der Waals surface area (Å²) in [6, 6.07) is 5.57. The van der Waals surface area contributed by atoms with Crippen molar-refractivity contribution in [2.75, 3.05) is 19.5 Å². The lowest BCUT2D eigenvalue weighted by molar-refractivity contribution is -0.116. The minimum Gasteiger partial charge on any atom is -0.497 e. The lowest BCUT2D eigenvalue weighted by atomic mass is 9.89. The van der Waals surface area contributed by atoms with E-state index in [4.69, 9.17) is 9.47 Å². The number of hydrogen-bond acceptors (Lipinski definition) is 5. The molecule has 0 saturated carbocycles. The van der Waals surface area contributed by atoms with E-state index in [2.05, 4.69) is 25.5 Å². The van der Waals surface area contributed by atoms with Gasteiger partial charge in [0.05, 0.1) is 25.8 Å². The van der Waals surface area contributed by atoms with Crippen LogP contribution in [0.15, 0.2) is 30.6 Å². The van der Waals surface area contributed by atoms with Gasteiger partial charge in [0.1, 0.15) is 17.3 Å². The molecule has 0 fully saturated rings. The van der Waals surface area contributed by atoms with Crippen molar-refractivity contribution in [3.63, 3.8) is 0 Å². The number of methoxy groups -OCH3 is 2. The highest BCUT2D eigenvalue weighted by molar-refractivity contribution is 5.96. The third-order valence-electron chi connectivity index (χ3n) is 4.33. The molecule has 3 heterocycles. The van der Waals surface area contributed by atoms with E-state index in [-0.39, 0.29) is 11.8 Å². The van der Waals surface area contributed by atoms with Crippen molar-refractivity contribution in [3.05, 3.63) is 42.0 Å². The zero-order chi connectivity index (χ0) is 17.4. The molecule has 0 radical (unpaired) electrons. The summed E-state index contributed by atoms with van der Waals surface area (Å²) in [7, 11) is 3.21. The van der Waals surface area contributed by atoms with Crippen molar-refractivity contribution in [3.8, 4) is 22.8 Å². The second-order valence-corrected chi connectivity index (χ2v) is 5.71. The van der Waals surface area contributed by atoms with E-state index in [0.717, 1.165) is 22.6 Å². The highest BCUT2D eigenvalue weighted by Crippen LogP contribution is 2.43. The Morgan fingerprint density at radius 3 is 2.84 bits per heavy atom. The summed E-state index contributed by atoms with van der Waals surface area (Å²) in [5, 5.41) is 10.1. The molecule has 0 spiro atoms. The molecule has 0 aliphatic carbocycles. The average molecular weight is 339 g/mol. The van der Waals surface area contributed by atoms with Gasteiger partial charge in [0.2, 0.25) is 5.91 Å². The normalized spacial score (nSPS) is 16.2. The van der Waals surface area contributed by atoms with Gasteiger partial charge in [-0.25, -0.2) is 4.98 Å². The molecule has 1 aliphatic heterocycles. The molecule has 25 heavy (non-hydrogen) atoms. The molecule has 4 rings (SSSR count). The molecule has 1 atom stereocenters. The van der Waals surface area contributed by atoms with Crippen molar-refractivity contribution in [1.29, 1.82) is 0 Å². The first-order chi connectivity index (χ1) is 12.2. The fourth-order valence-electron chi connectivity index (χ4n) is 3.17. The second-order valence-electron chi connectivity index (χ2n) is 5.71. The quantitative estimate of drug-likeness (QED) is 0.676. The van der Waals surface area contributed by atoms with E-state index < -0.39 is 0 Å². The van der Waals surface area contributed by atoms with Gasteiger partial charge in [-0.2, -0.15) is 5.10 Å². The van der Waals surface area contributed by atoms with Crippen molar-refractivity contribution < 1.29 is 14.3 Å². The zero-order valence-electron chi connectivity index (χ0n) is 13.8.